The number of rotatable bonds is 17. The van der Waals surface area contributed by atoms with Gasteiger partial charge in [0.25, 0.3) is 12.3 Å². The summed E-state index contributed by atoms with van der Waals surface area (Å²) in [6.07, 6.45) is 10.3. The SMILES string of the molecule is CCCCCCOC(O)N=C(N)c1ccc(NCC2=NC3C=C(C(=O)N(CCC(=O)OCC)c4ccccn4)C=CC3N2C)cc1. The Morgan fingerprint density at radius 1 is 1.15 bits per heavy atom. The van der Waals surface area contributed by atoms with Gasteiger partial charge in [-0.05, 0) is 55.8 Å². The fourth-order valence-corrected chi connectivity index (χ4v) is 5.19. The fraction of sp³-hybridized carbons (Fsp3) is 0.441. The number of hydrogen-bond donors (Lipinski definition) is 3. The van der Waals surface area contributed by atoms with Gasteiger partial charge in [-0.15, -0.1) is 0 Å². The van der Waals surface area contributed by atoms with Crippen LogP contribution in [0.4, 0.5) is 11.5 Å². The van der Waals surface area contributed by atoms with E-state index in [1.54, 1.807) is 31.3 Å². The number of nitrogens with one attached hydrogen (secondary N) is 1. The van der Waals surface area contributed by atoms with Gasteiger partial charge in [-0.25, -0.2) is 9.98 Å². The zero-order chi connectivity index (χ0) is 32.9. The quantitative estimate of drug-likeness (QED) is 0.0780. The van der Waals surface area contributed by atoms with E-state index in [1.165, 1.54) is 4.90 Å². The van der Waals surface area contributed by atoms with Crippen molar-refractivity contribution in [2.75, 3.05) is 43.6 Å². The van der Waals surface area contributed by atoms with Gasteiger partial charge in [0.15, 0.2) is 0 Å². The number of anilines is 2. The summed E-state index contributed by atoms with van der Waals surface area (Å²) in [5.41, 5.74) is 8.12. The summed E-state index contributed by atoms with van der Waals surface area (Å²) in [5, 5.41) is 13.4. The predicted molar refractivity (Wildman–Crippen MR) is 180 cm³/mol. The van der Waals surface area contributed by atoms with E-state index < -0.39 is 6.41 Å². The Hall–Kier alpha value is -4.55. The second kappa shape index (κ2) is 17.2. The highest BCUT2D eigenvalue weighted by atomic mass is 16.6. The number of ether oxygens (including phenoxy) is 2. The molecule has 0 saturated heterocycles. The van der Waals surface area contributed by atoms with Crippen LogP contribution < -0.4 is 16.0 Å². The van der Waals surface area contributed by atoms with Crippen LogP contribution in [0.3, 0.4) is 0 Å². The predicted octanol–water partition coefficient (Wildman–Crippen LogP) is 3.64. The van der Waals surface area contributed by atoms with E-state index in [1.807, 2.05) is 49.5 Å². The molecule has 2 aromatic rings. The molecule has 0 fully saturated rings. The van der Waals surface area contributed by atoms with Gasteiger partial charge in [-0.3, -0.25) is 19.5 Å². The van der Waals surface area contributed by atoms with Gasteiger partial charge in [0.2, 0.25) is 0 Å². The number of unbranched alkanes of at least 4 members (excludes halogenated alkanes) is 3. The monoisotopic (exact) mass is 631 g/mol. The van der Waals surface area contributed by atoms with Crippen LogP contribution in [0.15, 0.2) is 82.4 Å². The molecule has 0 radical (unpaired) electrons. The molecule has 4 rings (SSSR count). The molecule has 1 aromatic carbocycles. The van der Waals surface area contributed by atoms with Crippen LogP contribution in [0.25, 0.3) is 0 Å². The molecule has 12 heteroatoms. The van der Waals surface area contributed by atoms with Crippen molar-refractivity contribution in [3.8, 4) is 0 Å². The van der Waals surface area contributed by atoms with Gasteiger partial charge in [-0.1, -0.05) is 44.4 Å². The average molecular weight is 632 g/mol. The minimum absolute atomic E-state index is 0.0186. The molecule has 2 heterocycles. The van der Waals surface area contributed by atoms with Crippen LogP contribution in [0, 0.1) is 0 Å². The first kappa shape index (κ1) is 34.3. The molecule has 1 aromatic heterocycles. The summed E-state index contributed by atoms with van der Waals surface area (Å²) in [6, 6.07) is 12.5. The highest BCUT2D eigenvalue weighted by molar-refractivity contribution is 6.07. The second-order valence-electron chi connectivity index (χ2n) is 11.0. The van der Waals surface area contributed by atoms with E-state index in [2.05, 4.69) is 27.1 Å². The van der Waals surface area contributed by atoms with Gasteiger partial charge in [0.1, 0.15) is 17.5 Å². The Morgan fingerprint density at radius 3 is 2.67 bits per heavy atom. The number of carbonyl (C=O) groups is 2. The zero-order valence-corrected chi connectivity index (χ0v) is 26.8. The summed E-state index contributed by atoms with van der Waals surface area (Å²) in [6.45, 7) is 5.23. The van der Waals surface area contributed by atoms with Crippen molar-refractivity contribution in [1.82, 2.24) is 9.88 Å². The van der Waals surface area contributed by atoms with Crippen LogP contribution in [0.2, 0.25) is 0 Å². The smallest absolute Gasteiger partial charge is 0.307 e. The standard InChI is InChI=1S/C34H45N7O5/c1-4-6-7-10-21-46-34(44)39-32(35)24-12-15-26(16-13-24)37-23-30-38-27-22-25(14-17-28(27)40(30)3)33(43)41(20-18-31(42)45-5-2)29-11-8-9-19-36-29/h8-9,11-17,19,22,27-28,34,37,44H,4-7,10,18,20-21,23H2,1-3H3,(H2,35,39). The highest BCUT2D eigenvalue weighted by Gasteiger charge is 2.34. The van der Waals surface area contributed by atoms with Gasteiger partial charge < -0.3 is 30.5 Å². The number of aromatic nitrogens is 1. The molecule has 0 spiro atoms. The summed E-state index contributed by atoms with van der Waals surface area (Å²) < 4.78 is 10.4. The van der Waals surface area contributed by atoms with Gasteiger partial charge >= 0.3 is 5.97 Å². The van der Waals surface area contributed by atoms with Crippen molar-refractivity contribution in [2.45, 2.75) is 64.4 Å². The van der Waals surface area contributed by atoms with E-state index >= 15 is 0 Å². The van der Waals surface area contributed by atoms with Crippen molar-refractivity contribution in [3.63, 3.8) is 0 Å². The maximum atomic E-state index is 13.6. The number of nitrogens with zero attached hydrogens (tertiary/aromatic N) is 5. The Morgan fingerprint density at radius 2 is 1.96 bits per heavy atom. The molecule has 1 amide bonds. The number of aliphatic hydroxyl groups is 1. The molecular weight excluding hydrogens is 586 g/mol. The molecular formula is C34H45N7O5. The molecule has 4 N–H and O–H groups in total. The lowest BCUT2D eigenvalue weighted by atomic mass is 9.97. The number of aliphatic hydroxyl groups excluding tert-OH is 1. The number of hydrogen-bond acceptors (Lipinski definition) is 10. The Labute approximate surface area is 270 Å². The largest absolute Gasteiger partial charge is 0.466 e. The molecule has 0 bridgehead atoms. The minimum atomic E-state index is -1.29. The molecule has 46 heavy (non-hydrogen) atoms. The number of benzene rings is 1. The minimum Gasteiger partial charge on any atom is -0.466 e. The number of aliphatic imine (C=N–C) groups is 2. The first-order valence-corrected chi connectivity index (χ1v) is 15.9. The lowest BCUT2D eigenvalue weighted by Crippen LogP contribution is -2.40. The molecule has 3 atom stereocenters. The fourth-order valence-electron chi connectivity index (χ4n) is 5.19. The first-order valence-electron chi connectivity index (χ1n) is 15.9. The van der Waals surface area contributed by atoms with Gasteiger partial charge in [0.05, 0.1) is 38.3 Å². The molecule has 1 aliphatic carbocycles. The number of amidine groups is 2. The van der Waals surface area contributed by atoms with Crippen molar-refractivity contribution < 1.29 is 24.2 Å². The number of carbonyl (C=O) groups excluding carboxylic acids is 2. The lowest BCUT2D eigenvalue weighted by molar-refractivity contribution is -0.142. The highest BCUT2D eigenvalue weighted by Crippen LogP contribution is 2.26. The zero-order valence-electron chi connectivity index (χ0n) is 26.8. The third-order valence-electron chi connectivity index (χ3n) is 7.73. The summed E-state index contributed by atoms with van der Waals surface area (Å²) in [7, 11) is 1.98. The van der Waals surface area contributed by atoms with Crippen molar-refractivity contribution in [1.29, 1.82) is 0 Å². The Bertz CT molecular complexity index is 1430. The van der Waals surface area contributed by atoms with E-state index in [9.17, 15) is 14.7 Å². The average Bonchev–Trinajstić information content (AvgIpc) is 3.38. The van der Waals surface area contributed by atoms with E-state index in [0.29, 0.717) is 30.1 Å². The van der Waals surface area contributed by atoms with Crippen LogP contribution in [-0.2, 0) is 19.1 Å². The van der Waals surface area contributed by atoms with E-state index in [-0.39, 0.29) is 49.4 Å². The molecule has 12 nitrogen and oxygen atoms in total. The van der Waals surface area contributed by atoms with E-state index in [0.717, 1.165) is 37.2 Å². The third kappa shape index (κ3) is 9.48. The van der Waals surface area contributed by atoms with Crippen LogP contribution >= 0.6 is 0 Å². The van der Waals surface area contributed by atoms with E-state index in [4.69, 9.17) is 20.2 Å². The Kier molecular flexibility index (Phi) is 12.9. The molecule has 0 saturated carbocycles. The normalized spacial score (nSPS) is 18.0. The molecule has 246 valence electrons. The second-order valence-corrected chi connectivity index (χ2v) is 11.0. The topological polar surface area (TPSA) is 155 Å². The maximum Gasteiger partial charge on any atom is 0.307 e. The van der Waals surface area contributed by atoms with Gasteiger partial charge in [-0.2, -0.15) is 0 Å². The maximum absolute atomic E-state index is 13.6. The lowest BCUT2D eigenvalue weighted by Gasteiger charge is -2.27. The number of esters is 1. The first-order chi connectivity index (χ1) is 22.3. The number of nitrogens with two attached hydrogens (primary N) is 1. The van der Waals surface area contributed by atoms with Crippen molar-refractivity contribution in [3.05, 3.63) is 78.0 Å². The van der Waals surface area contributed by atoms with Gasteiger partial charge in [0, 0.05) is 36.6 Å². The third-order valence-corrected chi connectivity index (χ3v) is 7.73. The molecule has 1 aliphatic heterocycles. The summed E-state index contributed by atoms with van der Waals surface area (Å²) in [5.74, 6) is 0.884. The number of likely N-dealkylation sites (N-methyl/N-ethyl adjacent to an activating group) is 1. The number of fused-ring (bicyclic) bond motifs is 1. The summed E-state index contributed by atoms with van der Waals surface area (Å²) >= 11 is 0. The molecule has 3 unspecified atom stereocenters. The van der Waals surface area contributed by atoms with Crippen molar-refractivity contribution >= 4 is 35.1 Å². The molecule has 2 aliphatic rings. The number of amides is 1. The number of pyridine rings is 1. The van der Waals surface area contributed by atoms with Crippen molar-refractivity contribution in [2.24, 2.45) is 15.7 Å². The summed E-state index contributed by atoms with van der Waals surface area (Å²) in [4.78, 5) is 42.6. The van der Waals surface area contributed by atoms with Crippen LogP contribution in [0.1, 0.15) is 51.5 Å². The van der Waals surface area contributed by atoms with Crippen LogP contribution in [-0.4, -0.2) is 90.4 Å². The van der Waals surface area contributed by atoms with Crippen LogP contribution in [0.5, 0.6) is 0 Å². The Balaban J connectivity index is 1.35.